The third-order valence-corrected chi connectivity index (χ3v) is 3.78. The van der Waals surface area contributed by atoms with E-state index in [0.29, 0.717) is 12.1 Å². The van der Waals surface area contributed by atoms with Crippen LogP contribution in [0.25, 0.3) is 0 Å². The van der Waals surface area contributed by atoms with Crippen LogP contribution >= 0.6 is 0 Å². The van der Waals surface area contributed by atoms with E-state index in [4.69, 9.17) is 4.74 Å². The number of hydrogen-bond acceptors (Lipinski definition) is 4. The van der Waals surface area contributed by atoms with Gasteiger partial charge in [-0.25, -0.2) is 14.0 Å². The van der Waals surface area contributed by atoms with Gasteiger partial charge in [0.2, 0.25) is 0 Å². The molecule has 0 radical (unpaired) electrons. The number of ether oxygens (including phenoxy) is 2. The lowest BCUT2D eigenvalue weighted by Crippen LogP contribution is -2.69. The highest BCUT2D eigenvalue weighted by Crippen LogP contribution is 2.35. The van der Waals surface area contributed by atoms with Crippen molar-refractivity contribution in [1.82, 2.24) is 5.32 Å². The van der Waals surface area contributed by atoms with Crippen molar-refractivity contribution in [3.05, 3.63) is 59.9 Å². The van der Waals surface area contributed by atoms with Crippen LogP contribution in [0.15, 0.2) is 48.5 Å². The maximum atomic E-state index is 13.9. The summed E-state index contributed by atoms with van der Waals surface area (Å²) >= 11 is 0. The van der Waals surface area contributed by atoms with Crippen LogP contribution in [-0.4, -0.2) is 30.5 Å². The molecule has 32 heavy (non-hydrogen) atoms. The van der Waals surface area contributed by atoms with Crippen molar-refractivity contribution in [3.8, 4) is 5.75 Å². The monoisotopic (exact) mass is 468 g/mol. The second kappa shape index (κ2) is 9.32. The minimum absolute atomic E-state index is 0.472. The van der Waals surface area contributed by atoms with Crippen LogP contribution in [0.3, 0.4) is 0 Å². The van der Waals surface area contributed by atoms with Gasteiger partial charge in [0.1, 0.15) is 11.6 Å². The van der Waals surface area contributed by atoms with Crippen LogP contribution in [0, 0.1) is 5.82 Å². The first-order chi connectivity index (χ1) is 14.8. The molecule has 0 saturated heterocycles. The molecule has 0 fully saturated rings. The molecule has 0 bridgehead atoms. The van der Waals surface area contributed by atoms with Gasteiger partial charge in [0.15, 0.2) is 0 Å². The van der Waals surface area contributed by atoms with Crippen molar-refractivity contribution in [2.45, 2.75) is 25.0 Å². The van der Waals surface area contributed by atoms with Gasteiger partial charge in [-0.2, -0.15) is 26.3 Å². The van der Waals surface area contributed by atoms with E-state index in [-0.39, 0.29) is 0 Å². The number of hydrogen-bond donors (Lipinski definition) is 2. The maximum absolute atomic E-state index is 13.9. The number of rotatable bonds is 6. The molecule has 0 aromatic heterocycles. The number of nitrogens with one attached hydrogen (secondary N) is 2. The van der Waals surface area contributed by atoms with Crippen molar-refractivity contribution in [1.29, 1.82) is 0 Å². The molecule has 1 atom stereocenters. The highest BCUT2D eigenvalue weighted by molar-refractivity contribution is 5.94. The summed E-state index contributed by atoms with van der Waals surface area (Å²) in [6.45, 7) is 0.667. The summed E-state index contributed by atoms with van der Waals surface area (Å²) in [5, 5.41) is 3.05. The SMILES string of the molecule is CCOC(=O)[C@](NC(=O)Nc1cccc(C(F)(F)F)c1)(Oc1ccc(F)cc1)C(F)(F)F. The smallest absolute Gasteiger partial charge is 0.460 e. The second-order valence-electron chi connectivity index (χ2n) is 6.11. The van der Waals surface area contributed by atoms with Crippen LogP contribution in [-0.2, 0) is 15.7 Å². The number of carbonyl (C=O) groups excluding carboxylic acids is 2. The minimum Gasteiger partial charge on any atom is -0.461 e. The Hall–Kier alpha value is -3.51. The zero-order chi connectivity index (χ0) is 24.2. The van der Waals surface area contributed by atoms with Crippen molar-refractivity contribution in [3.63, 3.8) is 0 Å². The summed E-state index contributed by atoms with van der Waals surface area (Å²) in [4.78, 5) is 24.5. The van der Waals surface area contributed by atoms with Crippen LogP contribution < -0.4 is 15.4 Å². The molecule has 174 valence electrons. The van der Waals surface area contributed by atoms with Crippen LogP contribution in [0.5, 0.6) is 5.75 Å². The van der Waals surface area contributed by atoms with Crippen LogP contribution in [0.2, 0.25) is 0 Å². The molecular weight excluding hydrogens is 453 g/mol. The van der Waals surface area contributed by atoms with Crippen molar-refractivity contribution in [2.75, 3.05) is 11.9 Å². The number of urea groups is 1. The average Bonchev–Trinajstić information content (AvgIpc) is 2.68. The molecule has 2 aromatic carbocycles. The third kappa shape index (κ3) is 5.80. The van der Waals surface area contributed by atoms with E-state index in [1.54, 1.807) is 5.32 Å². The van der Waals surface area contributed by atoms with Gasteiger partial charge < -0.3 is 14.8 Å². The Morgan fingerprint density at radius 1 is 0.969 bits per heavy atom. The van der Waals surface area contributed by atoms with Crippen molar-refractivity contribution in [2.24, 2.45) is 0 Å². The van der Waals surface area contributed by atoms with Crippen molar-refractivity contribution >= 4 is 17.7 Å². The van der Waals surface area contributed by atoms with E-state index in [1.807, 2.05) is 0 Å². The molecule has 0 unspecified atom stereocenters. The lowest BCUT2D eigenvalue weighted by Gasteiger charge is -2.33. The number of benzene rings is 2. The molecule has 2 aromatic rings. The summed E-state index contributed by atoms with van der Waals surface area (Å²) in [6, 6.07) is 4.33. The minimum atomic E-state index is -5.60. The number of esters is 1. The quantitative estimate of drug-likeness (QED) is 0.361. The first kappa shape index (κ1) is 24.8. The fourth-order valence-electron chi connectivity index (χ4n) is 2.37. The molecule has 0 spiro atoms. The van der Waals surface area contributed by atoms with E-state index >= 15 is 0 Å². The molecule has 6 nitrogen and oxygen atoms in total. The predicted molar refractivity (Wildman–Crippen MR) is 96.0 cm³/mol. The van der Waals surface area contributed by atoms with E-state index in [9.17, 15) is 40.3 Å². The third-order valence-electron chi connectivity index (χ3n) is 3.78. The summed E-state index contributed by atoms with van der Waals surface area (Å²) in [6.07, 6.45) is -10.4. The Morgan fingerprint density at radius 2 is 1.59 bits per heavy atom. The van der Waals surface area contributed by atoms with Gasteiger partial charge in [-0.05, 0) is 49.4 Å². The Balaban J connectivity index is 2.39. The number of halogens is 7. The Labute approximate surface area is 176 Å². The van der Waals surface area contributed by atoms with E-state index in [0.717, 1.165) is 36.4 Å². The fraction of sp³-hybridized carbons (Fsp3) is 0.263. The van der Waals surface area contributed by atoms with Gasteiger partial charge in [-0.1, -0.05) is 6.07 Å². The van der Waals surface area contributed by atoms with Crippen LogP contribution in [0.1, 0.15) is 12.5 Å². The predicted octanol–water partition coefficient (Wildman–Crippen LogP) is 4.87. The molecule has 0 heterocycles. The lowest BCUT2D eigenvalue weighted by atomic mass is 10.2. The average molecular weight is 468 g/mol. The zero-order valence-corrected chi connectivity index (χ0v) is 16.1. The molecule has 0 saturated carbocycles. The van der Waals surface area contributed by atoms with Gasteiger partial charge in [0.05, 0.1) is 12.2 Å². The maximum Gasteiger partial charge on any atom is 0.460 e. The molecule has 13 heteroatoms. The second-order valence-corrected chi connectivity index (χ2v) is 6.11. The molecule has 2 N–H and O–H groups in total. The Kier molecular flexibility index (Phi) is 7.21. The summed E-state index contributed by atoms with van der Waals surface area (Å²) in [7, 11) is 0. The molecular formula is C19H15F7N2O4. The molecule has 0 aliphatic carbocycles. The fourth-order valence-corrected chi connectivity index (χ4v) is 2.37. The standard InChI is InChI=1S/C19H15F7N2O4/c1-2-31-15(29)17(19(24,25)26,32-14-8-6-12(20)7-9-14)28-16(30)27-13-5-3-4-11(10-13)18(21,22)23/h3-10H,2H2,1H3,(H2,27,28,30)/t17-/m0/s1. The molecule has 0 aliphatic heterocycles. The number of carbonyl (C=O) groups is 2. The number of amides is 2. The molecule has 0 aliphatic rings. The topological polar surface area (TPSA) is 76.7 Å². The highest BCUT2D eigenvalue weighted by Gasteiger charge is 2.66. The van der Waals surface area contributed by atoms with Gasteiger partial charge >= 0.3 is 30.1 Å². The number of alkyl halides is 6. The van der Waals surface area contributed by atoms with Gasteiger partial charge in [0.25, 0.3) is 0 Å². The Bertz CT molecular complexity index is 961. The van der Waals surface area contributed by atoms with E-state index in [2.05, 4.69) is 4.74 Å². The summed E-state index contributed by atoms with van der Waals surface area (Å²) in [5.74, 6) is -3.53. The highest BCUT2D eigenvalue weighted by atomic mass is 19.4. The van der Waals surface area contributed by atoms with Gasteiger partial charge in [-0.15, -0.1) is 0 Å². The van der Waals surface area contributed by atoms with Gasteiger partial charge in [0, 0.05) is 5.69 Å². The molecule has 2 rings (SSSR count). The van der Waals surface area contributed by atoms with Crippen LogP contribution in [0.4, 0.5) is 41.2 Å². The summed E-state index contributed by atoms with van der Waals surface area (Å²) in [5.41, 5.74) is -5.78. The first-order valence-corrected chi connectivity index (χ1v) is 8.73. The zero-order valence-electron chi connectivity index (χ0n) is 16.1. The number of anilines is 1. The van der Waals surface area contributed by atoms with Gasteiger partial charge in [-0.3, -0.25) is 5.32 Å². The van der Waals surface area contributed by atoms with Crippen molar-refractivity contribution < 1.29 is 49.8 Å². The normalized spacial score (nSPS) is 13.6. The Morgan fingerprint density at radius 3 is 2.12 bits per heavy atom. The van der Waals surface area contributed by atoms with E-state index in [1.165, 1.54) is 12.2 Å². The largest absolute Gasteiger partial charge is 0.461 e. The lowest BCUT2D eigenvalue weighted by molar-refractivity contribution is -0.259. The summed E-state index contributed by atoms with van der Waals surface area (Å²) < 4.78 is 102. The first-order valence-electron chi connectivity index (χ1n) is 8.73. The van der Waals surface area contributed by atoms with E-state index < -0.39 is 59.5 Å². The molecule has 2 amide bonds.